The Hall–Kier alpha value is -2.48. The fourth-order valence-electron chi connectivity index (χ4n) is 3.97. The van der Waals surface area contributed by atoms with Crippen LogP contribution in [0.4, 0.5) is 18.9 Å². The third kappa shape index (κ3) is 5.36. The van der Waals surface area contributed by atoms with E-state index in [1.54, 1.807) is 27.0 Å². The molecule has 164 valence electrons. The van der Waals surface area contributed by atoms with Crippen LogP contribution in [-0.4, -0.2) is 61.3 Å². The number of alkyl halides is 3. The lowest BCUT2D eigenvalue weighted by Gasteiger charge is -2.23. The summed E-state index contributed by atoms with van der Waals surface area (Å²) in [7, 11) is 1.64. The molecule has 0 spiro atoms. The highest BCUT2D eigenvalue weighted by Crippen LogP contribution is 2.24. The zero-order chi connectivity index (χ0) is 21.9. The second-order valence-electron chi connectivity index (χ2n) is 7.72. The van der Waals surface area contributed by atoms with E-state index < -0.39 is 12.7 Å². The first-order chi connectivity index (χ1) is 14.2. The van der Waals surface area contributed by atoms with E-state index in [9.17, 15) is 18.0 Å². The second-order valence-corrected chi connectivity index (χ2v) is 7.72. The number of hydrogen-bond donors (Lipinski definition) is 0. The minimum Gasteiger partial charge on any atom is -0.497 e. The van der Waals surface area contributed by atoms with Gasteiger partial charge < -0.3 is 14.2 Å². The molecule has 1 aromatic carbocycles. The molecule has 0 amide bonds. The number of rotatable bonds is 6. The fourth-order valence-corrected chi connectivity index (χ4v) is 3.97. The molecular formula is C22H28F3N3O2. The molecule has 0 atom stereocenters. The van der Waals surface area contributed by atoms with Gasteiger partial charge in [0.15, 0.2) is 5.78 Å². The maximum absolute atomic E-state index is 12.8. The summed E-state index contributed by atoms with van der Waals surface area (Å²) in [6, 6.07) is 9.48. The van der Waals surface area contributed by atoms with Crippen LogP contribution in [0.25, 0.3) is 0 Å². The second kappa shape index (κ2) is 9.12. The van der Waals surface area contributed by atoms with Crippen LogP contribution in [0.15, 0.2) is 30.3 Å². The molecule has 8 heteroatoms. The quantitative estimate of drug-likeness (QED) is 0.657. The number of anilines is 1. The van der Waals surface area contributed by atoms with Gasteiger partial charge in [-0.05, 0) is 50.6 Å². The summed E-state index contributed by atoms with van der Waals surface area (Å²) >= 11 is 0. The van der Waals surface area contributed by atoms with Crippen molar-refractivity contribution in [2.75, 3.05) is 44.7 Å². The minimum absolute atomic E-state index is 0.130. The van der Waals surface area contributed by atoms with Crippen LogP contribution in [0.1, 0.15) is 28.2 Å². The molecule has 0 aliphatic carbocycles. The number of benzene rings is 1. The number of ether oxygens (including phenoxy) is 1. The Labute approximate surface area is 175 Å². The van der Waals surface area contributed by atoms with E-state index >= 15 is 0 Å². The van der Waals surface area contributed by atoms with Gasteiger partial charge >= 0.3 is 6.18 Å². The Balaban J connectivity index is 1.63. The zero-order valence-electron chi connectivity index (χ0n) is 17.6. The SMILES string of the molecule is COc1ccc(N2CCCN(CC(=O)c3cc(C)n(CC(F)(F)F)c3C)CC2)cc1. The van der Waals surface area contributed by atoms with Crippen LogP contribution < -0.4 is 9.64 Å². The number of halogens is 3. The molecule has 30 heavy (non-hydrogen) atoms. The highest BCUT2D eigenvalue weighted by Gasteiger charge is 2.30. The van der Waals surface area contributed by atoms with Crippen molar-refractivity contribution in [2.45, 2.75) is 33.0 Å². The van der Waals surface area contributed by atoms with Crippen LogP contribution in [0.2, 0.25) is 0 Å². The molecule has 0 radical (unpaired) electrons. The van der Waals surface area contributed by atoms with Gasteiger partial charge in [0.1, 0.15) is 12.3 Å². The smallest absolute Gasteiger partial charge is 0.406 e. The van der Waals surface area contributed by atoms with Crippen LogP contribution in [0.3, 0.4) is 0 Å². The van der Waals surface area contributed by atoms with Crippen LogP contribution >= 0.6 is 0 Å². The summed E-state index contributed by atoms with van der Waals surface area (Å²) in [5.74, 6) is 0.679. The number of aromatic nitrogens is 1. The van der Waals surface area contributed by atoms with Gasteiger partial charge in [-0.15, -0.1) is 0 Å². The monoisotopic (exact) mass is 423 g/mol. The number of nitrogens with zero attached hydrogens (tertiary/aromatic N) is 3. The first-order valence-electron chi connectivity index (χ1n) is 10.1. The topological polar surface area (TPSA) is 37.7 Å². The third-order valence-corrected chi connectivity index (χ3v) is 5.60. The van der Waals surface area contributed by atoms with E-state index in [1.165, 1.54) is 4.57 Å². The van der Waals surface area contributed by atoms with Crippen molar-refractivity contribution in [3.63, 3.8) is 0 Å². The van der Waals surface area contributed by atoms with Crippen molar-refractivity contribution in [1.29, 1.82) is 0 Å². The van der Waals surface area contributed by atoms with Crippen LogP contribution in [-0.2, 0) is 6.54 Å². The Morgan fingerprint density at radius 1 is 1.07 bits per heavy atom. The van der Waals surface area contributed by atoms with Gasteiger partial charge in [0.05, 0.1) is 13.7 Å². The number of ketones is 1. The molecule has 1 fully saturated rings. The lowest BCUT2D eigenvalue weighted by molar-refractivity contribution is -0.141. The maximum atomic E-state index is 12.8. The van der Waals surface area contributed by atoms with Gasteiger partial charge in [0.2, 0.25) is 0 Å². The molecule has 2 heterocycles. The van der Waals surface area contributed by atoms with Crippen LogP contribution in [0, 0.1) is 13.8 Å². The largest absolute Gasteiger partial charge is 0.497 e. The van der Waals surface area contributed by atoms with Crippen LogP contribution in [0.5, 0.6) is 5.75 Å². The van der Waals surface area contributed by atoms with E-state index in [0.717, 1.165) is 44.0 Å². The maximum Gasteiger partial charge on any atom is 0.406 e. The van der Waals surface area contributed by atoms with Crippen molar-refractivity contribution in [3.8, 4) is 5.75 Å². The van der Waals surface area contributed by atoms with Crippen molar-refractivity contribution in [1.82, 2.24) is 9.47 Å². The van der Waals surface area contributed by atoms with Gasteiger partial charge in [-0.2, -0.15) is 13.2 Å². The predicted octanol–water partition coefficient (Wildman–Crippen LogP) is 4.07. The molecule has 2 aromatic rings. The van der Waals surface area contributed by atoms with Gasteiger partial charge in [-0.1, -0.05) is 0 Å². The Kier molecular flexibility index (Phi) is 6.75. The molecule has 1 aliphatic rings. The third-order valence-electron chi connectivity index (χ3n) is 5.60. The number of methoxy groups -OCH3 is 1. The predicted molar refractivity (Wildman–Crippen MR) is 111 cm³/mol. The Morgan fingerprint density at radius 2 is 1.77 bits per heavy atom. The number of aryl methyl sites for hydroxylation is 1. The average Bonchev–Trinajstić information content (AvgIpc) is 2.87. The number of carbonyl (C=O) groups excluding carboxylic acids is 1. The van der Waals surface area contributed by atoms with Gasteiger partial charge in [-0.3, -0.25) is 9.69 Å². The summed E-state index contributed by atoms with van der Waals surface area (Å²) < 4.78 is 44.8. The molecular weight excluding hydrogens is 395 g/mol. The van der Waals surface area contributed by atoms with E-state index in [-0.39, 0.29) is 12.3 Å². The van der Waals surface area contributed by atoms with Crippen molar-refractivity contribution in [3.05, 3.63) is 47.3 Å². The normalized spacial score (nSPS) is 15.9. The van der Waals surface area contributed by atoms with E-state index in [0.29, 0.717) is 17.0 Å². The average molecular weight is 423 g/mol. The van der Waals surface area contributed by atoms with E-state index in [1.807, 2.05) is 24.3 Å². The number of carbonyl (C=O) groups is 1. The van der Waals surface area contributed by atoms with Gasteiger partial charge in [0.25, 0.3) is 0 Å². The summed E-state index contributed by atoms with van der Waals surface area (Å²) in [6.45, 7) is 5.50. The Bertz CT molecular complexity index is 875. The number of Topliss-reactive ketones (excluding diaryl/α,β-unsaturated/α-hetero) is 1. The molecule has 0 N–H and O–H groups in total. The van der Waals surface area contributed by atoms with Gasteiger partial charge in [0, 0.05) is 48.8 Å². The molecule has 0 saturated carbocycles. The first-order valence-corrected chi connectivity index (χ1v) is 10.1. The standard InChI is InChI=1S/C22H28F3N3O2/c1-16-13-20(17(2)28(16)15-22(23,24)25)21(29)14-26-9-4-10-27(12-11-26)18-5-7-19(30-3)8-6-18/h5-8,13H,4,9-12,14-15H2,1-3H3. The van der Waals surface area contributed by atoms with Crippen molar-refractivity contribution < 1.29 is 22.7 Å². The molecule has 5 nitrogen and oxygen atoms in total. The molecule has 1 aliphatic heterocycles. The summed E-state index contributed by atoms with van der Waals surface area (Å²) in [6.07, 6.45) is -3.41. The fraction of sp³-hybridized carbons (Fsp3) is 0.500. The molecule has 0 bridgehead atoms. The lowest BCUT2D eigenvalue weighted by Crippen LogP contribution is -2.34. The molecule has 1 saturated heterocycles. The van der Waals surface area contributed by atoms with Gasteiger partial charge in [-0.25, -0.2) is 0 Å². The highest BCUT2D eigenvalue weighted by atomic mass is 19.4. The molecule has 0 unspecified atom stereocenters. The number of hydrogen-bond acceptors (Lipinski definition) is 4. The van der Waals surface area contributed by atoms with E-state index in [4.69, 9.17) is 4.74 Å². The zero-order valence-corrected chi connectivity index (χ0v) is 17.6. The Morgan fingerprint density at radius 3 is 2.40 bits per heavy atom. The molecule has 1 aromatic heterocycles. The molecule has 3 rings (SSSR count). The summed E-state index contributed by atoms with van der Waals surface area (Å²) in [5.41, 5.74) is 2.33. The minimum atomic E-state index is -4.31. The summed E-state index contributed by atoms with van der Waals surface area (Å²) in [5, 5.41) is 0. The lowest BCUT2D eigenvalue weighted by atomic mass is 10.1. The van der Waals surface area contributed by atoms with Crippen molar-refractivity contribution in [2.24, 2.45) is 0 Å². The highest BCUT2D eigenvalue weighted by molar-refractivity contribution is 5.99. The van der Waals surface area contributed by atoms with Crippen molar-refractivity contribution >= 4 is 11.5 Å². The van der Waals surface area contributed by atoms with E-state index in [2.05, 4.69) is 9.80 Å². The first kappa shape index (κ1) is 22.2. The summed E-state index contributed by atoms with van der Waals surface area (Å²) in [4.78, 5) is 17.2.